The summed E-state index contributed by atoms with van der Waals surface area (Å²) in [4.78, 5) is 0. The van der Waals surface area contributed by atoms with Gasteiger partial charge in [0, 0.05) is 6.04 Å². The molecular weight excluding hydrogens is 240 g/mol. The third-order valence-electron chi connectivity index (χ3n) is 3.57. The number of hydrogen-bond acceptors (Lipinski definition) is 3. The Hall–Kier alpha value is -0.380. The molecule has 0 aliphatic rings. The highest BCUT2D eigenvalue weighted by molar-refractivity contribution is 7.08. The van der Waals surface area contributed by atoms with Crippen LogP contribution in [0.3, 0.4) is 0 Å². The zero-order valence-corrected chi connectivity index (χ0v) is 12.7. The maximum Gasteiger partial charge on any atom is 0.0470 e. The second-order valence-electron chi connectivity index (χ2n) is 5.14. The van der Waals surface area contributed by atoms with E-state index in [0.29, 0.717) is 6.04 Å². The molecule has 0 amide bonds. The van der Waals surface area contributed by atoms with Crippen molar-refractivity contribution in [3.63, 3.8) is 0 Å². The molecule has 0 aliphatic carbocycles. The van der Waals surface area contributed by atoms with E-state index in [4.69, 9.17) is 5.84 Å². The smallest absolute Gasteiger partial charge is 0.0470 e. The number of hydrazine groups is 1. The Kier molecular flexibility index (Phi) is 8.31. The van der Waals surface area contributed by atoms with Crippen LogP contribution in [0.15, 0.2) is 10.8 Å². The fourth-order valence-electron chi connectivity index (χ4n) is 2.36. The molecule has 3 heteroatoms. The lowest BCUT2D eigenvalue weighted by molar-refractivity contribution is 0.475. The van der Waals surface area contributed by atoms with Crippen LogP contribution < -0.4 is 11.3 Å². The second-order valence-corrected chi connectivity index (χ2v) is 5.88. The maximum atomic E-state index is 5.67. The van der Waals surface area contributed by atoms with E-state index in [0.717, 1.165) is 6.42 Å². The Balaban J connectivity index is 2.15. The Bertz CT molecular complexity index is 309. The van der Waals surface area contributed by atoms with Crippen LogP contribution in [-0.4, -0.2) is 0 Å². The average Bonchev–Trinajstić information content (AvgIpc) is 2.79. The molecule has 1 heterocycles. The molecule has 0 radical (unpaired) electrons. The highest BCUT2D eigenvalue weighted by Gasteiger charge is 2.12. The van der Waals surface area contributed by atoms with Gasteiger partial charge in [0.1, 0.15) is 0 Å². The highest BCUT2D eigenvalue weighted by atomic mass is 32.1. The van der Waals surface area contributed by atoms with Crippen molar-refractivity contribution in [3.05, 3.63) is 21.9 Å². The van der Waals surface area contributed by atoms with Crippen molar-refractivity contribution in [2.45, 2.75) is 71.3 Å². The molecule has 1 aromatic heterocycles. The Morgan fingerprint density at radius 3 is 2.33 bits per heavy atom. The zero-order valence-electron chi connectivity index (χ0n) is 11.9. The molecule has 104 valence electrons. The highest BCUT2D eigenvalue weighted by Crippen LogP contribution is 2.25. The molecule has 0 fully saturated rings. The molecule has 0 saturated carbocycles. The molecule has 1 aromatic rings. The van der Waals surface area contributed by atoms with Gasteiger partial charge in [-0.3, -0.25) is 11.3 Å². The summed E-state index contributed by atoms with van der Waals surface area (Å²) in [7, 11) is 0. The first-order valence-electron chi connectivity index (χ1n) is 7.28. The quantitative estimate of drug-likeness (QED) is 0.366. The van der Waals surface area contributed by atoms with Gasteiger partial charge < -0.3 is 0 Å². The van der Waals surface area contributed by atoms with Gasteiger partial charge in [0.2, 0.25) is 0 Å². The first-order valence-corrected chi connectivity index (χ1v) is 8.22. The van der Waals surface area contributed by atoms with Crippen LogP contribution in [0.2, 0.25) is 0 Å². The van der Waals surface area contributed by atoms with E-state index in [1.807, 2.05) is 0 Å². The maximum absolute atomic E-state index is 5.67. The van der Waals surface area contributed by atoms with Crippen molar-refractivity contribution in [1.29, 1.82) is 0 Å². The summed E-state index contributed by atoms with van der Waals surface area (Å²) >= 11 is 1.77. The number of hydrogen-bond donors (Lipinski definition) is 2. The average molecular weight is 268 g/mol. The summed E-state index contributed by atoms with van der Waals surface area (Å²) in [6.45, 7) is 4.43. The van der Waals surface area contributed by atoms with Crippen molar-refractivity contribution in [2.24, 2.45) is 5.84 Å². The van der Waals surface area contributed by atoms with Crippen molar-refractivity contribution in [1.82, 2.24) is 5.43 Å². The van der Waals surface area contributed by atoms with Crippen LogP contribution in [0, 0.1) is 6.92 Å². The first kappa shape index (κ1) is 15.7. The van der Waals surface area contributed by atoms with Gasteiger partial charge in [-0.05, 0) is 35.2 Å². The Labute approximate surface area is 116 Å². The van der Waals surface area contributed by atoms with E-state index in [1.54, 1.807) is 11.3 Å². The van der Waals surface area contributed by atoms with Crippen LogP contribution in [0.25, 0.3) is 0 Å². The van der Waals surface area contributed by atoms with E-state index >= 15 is 0 Å². The first-order chi connectivity index (χ1) is 8.79. The molecule has 1 unspecified atom stereocenters. The molecule has 18 heavy (non-hydrogen) atoms. The molecule has 0 aliphatic heterocycles. The van der Waals surface area contributed by atoms with Gasteiger partial charge in [-0.1, -0.05) is 51.9 Å². The minimum atomic E-state index is 0.340. The number of aryl methyl sites for hydroxylation is 1. The molecule has 3 N–H and O–H groups in total. The fourth-order valence-corrected chi connectivity index (χ4v) is 3.27. The topological polar surface area (TPSA) is 38.0 Å². The normalized spacial score (nSPS) is 12.8. The molecule has 0 saturated heterocycles. The van der Waals surface area contributed by atoms with Gasteiger partial charge in [0.15, 0.2) is 0 Å². The van der Waals surface area contributed by atoms with Gasteiger partial charge in [-0.25, -0.2) is 0 Å². The van der Waals surface area contributed by atoms with E-state index in [2.05, 4.69) is 30.0 Å². The lowest BCUT2D eigenvalue weighted by Crippen LogP contribution is -2.28. The monoisotopic (exact) mass is 268 g/mol. The Morgan fingerprint density at radius 2 is 1.78 bits per heavy atom. The number of rotatable bonds is 10. The molecule has 2 nitrogen and oxygen atoms in total. The molecule has 0 aromatic carbocycles. The van der Waals surface area contributed by atoms with E-state index in [-0.39, 0.29) is 0 Å². The third kappa shape index (κ3) is 5.51. The minimum Gasteiger partial charge on any atom is -0.271 e. The third-order valence-corrected chi connectivity index (χ3v) is 4.45. The summed E-state index contributed by atoms with van der Waals surface area (Å²) in [5.41, 5.74) is 5.71. The molecule has 0 bridgehead atoms. The number of nitrogens with one attached hydrogen (secondary N) is 1. The van der Waals surface area contributed by atoms with E-state index < -0.39 is 0 Å². The van der Waals surface area contributed by atoms with Crippen LogP contribution in [-0.2, 0) is 0 Å². The van der Waals surface area contributed by atoms with Crippen molar-refractivity contribution in [2.75, 3.05) is 0 Å². The van der Waals surface area contributed by atoms with Crippen LogP contribution >= 0.6 is 11.3 Å². The van der Waals surface area contributed by atoms with Crippen molar-refractivity contribution in [3.8, 4) is 0 Å². The molecular formula is C15H28N2S. The SMILES string of the molecule is CCCCCCCCCC(NN)c1cscc1C. The lowest BCUT2D eigenvalue weighted by atomic mass is 10.00. The van der Waals surface area contributed by atoms with Crippen LogP contribution in [0.5, 0.6) is 0 Å². The second kappa shape index (κ2) is 9.54. The Morgan fingerprint density at radius 1 is 1.11 bits per heavy atom. The van der Waals surface area contributed by atoms with Crippen LogP contribution in [0.1, 0.15) is 75.5 Å². The molecule has 0 spiro atoms. The predicted octanol–water partition coefficient (Wildman–Crippen LogP) is 4.70. The van der Waals surface area contributed by atoms with Crippen LogP contribution in [0.4, 0.5) is 0 Å². The van der Waals surface area contributed by atoms with Gasteiger partial charge in [-0.15, -0.1) is 0 Å². The van der Waals surface area contributed by atoms with Gasteiger partial charge in [0.05, 0.1) is 0 Å². The summed E-state index contributed by atoms with van der Waals surface area (Å²) in [5, 5.41) is 4.42. The van der Waals surface area contributed by atoms with E-state index in [9.17, 15) is 0 Å². The fraction of sp³-hybridized carbons (Fsp3) is 0.733. The van der Waals surface area contributed by atoms with E-state index in [1.165, 1.54) is 56.1 Å². The molecule has 1 atom stereocenters. The van der Waals surface area contributed by atoms with Crippen molar-refractivity contribution >= 4 is 11.3 Å². The standard InChI is InChI=1S/C15H28N2S/c1-3-4-5-6-7-8-9-10-15(17-16)14-12-18-11-13(14)2/h11-12,15,17H,3-10,16H2,1-2H3. The van der Waals surface area contributed by atoms with Gasteiger partial charge in [-0.2, -0.15) is 11.3 Å². The predicted molar refractivity (Wildman–Crippen MR) is 81.7 cm³/mol. The summed E-state index contributed by atoms with van der Waals surface area (Å²) in [6, 6.07) is 0.340. The largest absolute Gasteiger partial charge is 0.271 e. The van der Waals surface area contributed by atoms with Gasteiger partial charge >= 0.3 is 0 Å². The number of unbranched alkanes of at least 4 members (excludes halogenated alkanes) is 6. The zero-order chi connectivity index (χ0) is 13.2. The molecule has 1 rings (SSSR count). The number of thiophene rings is 1. The summed E-state index contributed by atoms with van der Waals surface area (Å²) in [6.07, 6.45) is 10.7. The van der Waals surface area contributed by atoms with Crippen molar-refractivity contribution < 1.29 is 0 Å². The number of nitrogens with two attached hydrogens (primary N) is 1. The van der Waals surface area contributed by atoms with Gasteiger partial charge in [0.25, 0.3) is 0 Å². The summed E-state index contributed by atoms with van der Waals surface area (Å²) < 4.78 is 0. The lowest BCUT2D eigenvalue weighted by Gasteiger charge is -2.15. The minimum absolute atomic E-state index is 0.340. The summed E-state index contributed by atoms with van der Waals surface area (Å²) in [5.74, 6) is 5.67.